The molecule has 1 heterocycles. The van der Waals surface area contributed by atoms with Gasteiger partial charge < -0.3 is 5.11 Å². The van der Waals surface area contributed by atoms with Gasteiger partial charge in [-0.05, 0) is 11.5 Å². The van der Waals surface area contributed by atoms with Gasteiger partial charge in [0.05, 0.1) is 0 Å². The summed E-state index contributed by atoms with van der Waals surface area (Å²) in [6.07, 6.45) is 1.42. The molecule has 1 aromatic heterocycles. The number of hydrogen-bond acceptors (Lipinski definition) is 6. The Balaban J connectivity index is 2.13. The lowest BCUT2D eigenvalue weighted by Crippen LogP contribution is -1.74. The van der Waals surface area contributed by atoms with Crippen molar-refractivity contribution in [2.75, 3.05) is 0 Å². The summed E-state index contributed by atoms with van der Waals surface area (Å²) in [5.41, 5.74) is 0.448. The summed E-state index contributed by atoms with van der Waals surface area (Å²) in [6.45, 7) is 0. The number of aromatic nitrogens is 2. The van der Waals surface area contributed by atoms with Crippen LogP contribution in [0.15, 0.2) is 53.0 Å². The van der Waals surface area contributed by atoms with Gasteiger partial charge in [-0.3, -0.25) is 0 Å². The van der Waals surface area contributed by atoms with Crippen LogP contribution in [-0.2, 0) is 0 Å². The van der Waals surface area contributed by atoms with E-state index in [1.807, 2.05) is 30.3 Å². The molecule has 0 unspecified atom stereocenters. The molecule has 0 atom stereocenters. The largest absolute Gasteiger partial charge is 0.506 e. The van der Waals surface area contributed by atoms with Crippen LogP contribution in [0.1, 0.15) is 0 Å². The topological polar surface area (TPSA) is 70.7 Å². The highest BCUT2D eigenvalue weighted by molar-refractivity contribution is 7.09. The second-order valence-electron chi connectivity index (χ2n) is 3.58. The van der Waals surface area contributed by atoms with Gasteiger partial charge in [0.15, 0.2) is 0 Å². The number of hydrogen-bond donors (Lipinski definition) is 1. The average molecular weight is 256 g/mol. The molecule has 5 nitrogen and oxygen atoms in total. The van der Waals surface area contributed by atoms with Crippen LogP contribution >= 0.6 is 11.5 Å². The molecule has 0 aliphatic heterocycles. The Morgan fingerprint density at radius 2 is 1.94 bits per heavy atom. The second kappa shape index (κ2) is 4.50. The highest BCUT2D eigenvalue weighted by Gasteiger charge is 2.05. The molecule has 18 heavy (non-hydrogen) atoms. The average Bonchev–Trinajstić information content (AvgIpc) is 2.91. The van der Waals surface area contributed by atoms with E-state index >= 15 is 0 Å². The number of fused-ring (bicyclic) bond motifs is 1. The lowest BCUT2D eigenvalue weighted by molar-refractivity contribution is 0.477. The van der Waals surface area contributed by atoms with Crippen molar-refractivity contribution in [3.8, 4) is 5.75 Å². The molecule has 0 radical (unpaired) electrons. The van der Waals surface area contributed by atoms with Gasteiger partial charge in [0.2, 0.25) is 5.13 Å². The fraction of sp³-hybridized carbons (Fsp3) is 0. The molecule has 0 amide bonds. The summed E-state index contributed by atoms with van der Waals surface area (Å²) in [5, 5.41) is 20.2. The van der Waals surface area contributed by atoms with Crippen LogP contribution in [-0.4, -0.2) is 14.5 Å². The predicted octanol–water partition coefficient (Wildman–Crippen LogP) is 3.81. The Bertz CT molecular complexity index is 709. The molecule has 0 bridgehead atoms. The first-order chi connectivity index (χ1) is 8.84. The van der Waals surface area contributed by atoms with E-state index in [0.717, 1.165) is 22.3 Å². The predicted molar refractivity (Wildman–Crippen MR) is 69.7 cm³/mol. The normalized spacial score (nSPS) is 11.3. The molecule has 0 fully saturated rings. The van der Waals surface area contributed by atoms with Crippen molar-refractivity contribution in [1.29, 1.82) is 0 Å². The highest BCUT2D eigenvalue weighted by Crippen LogP contribution is 2.35. The molecule has 3 aromatic rings. The zero-order valence-electron chi connectivity index (χ0n) is 9.19. The Kier molecular flexibility index (Phi) is 2.70. The van der Waals surface area contributed by atoms with Crippen LogP contribution in [0.3, 0.4) is 0 Å². The van der Waals surface area contributed by atoms with Crippen LogP contribution in [0.5, 0.6) is 5.75 Å². The van der Waals surface area contributed by atoms with Gasteiger partial charge in [-0.25, -0.2) is 4.98 Å². The number of phenolic OH excluding ortho intramolecular Hbond substituents is 1. The van der Waals surface area contributed by atoms with E-state index in [9.17, 15) is 5.11 Å². The van der Waals surface area contributed by atoms with Gasteiger partial charge in [0.25, 0.3) is 0 Å². The minimum atomic E-state index is 0.0990. The van der Waals surface area contributed by atoms with E-state index in [-0.39, 0.29) is 5.75 Å². The van der Waals surface area contributed by atoms with E-state index in [0.29, 0.717) is 10.8 Å². The molecule has 0 aliphatic carbocycles. The van der Waals surface area contributed by atoms with Crippen LogP contribution in [0.4, 0.5) is 10.8 Å². The first-order valence-corrected chi connectivity index (χ1v) is 6.01. The van der Waals surface area contributed by atoms with Crippen molar-refractivity contribution >= 4 is 33.1 Å². The number of azo groups is 1. The summed E-state index contributed by atoms with van der Waals surface area (Å²) < 4.78 is 3.83. The van der Waals surface area contributed by atoms with Gasteiger partial charge >= 0.3 is 0 Å². The molecule has 0 aliphatic rings. The van der Waals surface area contributed by atoms with Gasteiger partial charge in [0.1, 0.15) is 17.8 Å². The third-order valence-corrected chi connectivity index (χ3v) is 3.01. The summed E-state index contributed by atoms with van der Waals surface area (Å²) >= 11 is 1.15. The van der Waals surface area contributed by atoms with Crippen molar-refractivity contribution in [3.05, 3.63) is 42.7 Å². The van der Waals surface area contributed by atoms with Gasteiger partial charge in [-0.1, -0.05) is 30.3 Å². The van der Waals surface area contributed by atoms with Crippen molar-refractivity contribution in [2.24, 2.45) is 10.2 Å². The van der Waals surface area contributed by atoms with Gasteiger partial charge in [0, 0.05) is 16.9 Å². The van der Waals surface area contributed by atoms with Crippen molar-refractivity contribution in [3.63, 3.8) is 0 Å². The van der Waals surface area contributed by atoms with Crippen LogP contribution in [0.2, 0.25) is 0 Å². The molecule has 2 aromatic carbocycles. The van der Waals surface area contributed by atoms with Crippen LogP contribution in [0.25, 0.3) is 10.8 Å². The Morgan fingerprint density at radius 3 is 2.78 bits per heavy atom. The lowest BCUT2D eigenvalue weighted by Gasteiger charge is -2.02. The number of rotatable bonds is 2. The number of phenols is 1. The summed E-state index contributed by atoms with van der Waals surface area (Å²) in [7, 11) is 0. The quantitative estimate of drug-likeness (QED) is 0.708. The lowest BCUT2D eigenvalue weighted by atomic mass is 10.1. The number of aromatic hydroxyl groups is 1. The van der Waals surface area contributed by atoms with Crippen molar-refractivity contribution < 1.29 is 5.11 Å². The molecule has 0 spiro atoms. The molecule has 1 N–H and O–H groups in total. The summed E-state index contributed by atoms with van der Waals surface area (Å²) in [4.78, 5) is 3.91. The first kappa shape index (κ1) is 10.8. The molecule has 6 heteroatoms. The highest BCUT2D eigenvalue weighted by atomic mass is 32.1. The number of benzene rings is 2. The molecular weight excluding hydrogens is 248 g/mol. The fourth-order valence-electron chi connectivity index (χ4n) is 1.65. The Hall–Kier alpha value is -2.34. The molecule has 0 saturated heterocycles. The van der Waals surface area contributed by atoms with E-state index in [2.05, 4.69) is 19.6 Å². The summed E-state index contributed by atoms with van der Waals surface area (Å²) in [5.74, 6) is 0.0990. The first-order valence-electron chi connectivity index (χ1n) is 5.24. The Labute approximate surface area is 107 Å². The molecule has 0 saturated carbocycles. The maximum atomic E-state index is 9.85. The second-order valence-corrected chi connectivity index (χ2v) is 4.34. The third-order valence-electron chi connectivity index (χ3n) is 2.46. The molecular formula is C12H8N4OS. The molecule has 3 rings (SSSR count). The minimum Gasteiger partial charge on any atom is -0.506 e. The van der Waals surface area contributed by atoms with Crippen LogP contribution < -0.4 is 0 Å². The van der Waals surface area contributed by atoms with Crippen LogP contribution in [0, 0.1) is 0 Å². The SMILES string of the molecule is Oc1ccc2ccccc2c1N=Nc1ncns1. The maximum absolute atomic E-state index is 9.85. The monoisotopic (exact) mass is 256 g/mol. The van der Waals surface area contributed by atoms with Crippen molar-refractivity contribution in [2.45, 2.75) is 0 Å². The zero-order chi connectivity index (χ0) is 12.4. The zero-order valence-corrected chi connectivity index (χ0v) is 10.0. The maximum Gasteiger partial charge on any atom is 0.249 e. The third kappa shape index (κ3) is 1.93. The van der Waals surface area contributed by atoms with E-state index < -0.39 is 0 Å². The van der Waals surface area contributed by atoms with E-state index in [1.165, 1.54) is 6.33 Å². The van der Waals surface area contributed by atoms with E-state index in [1.54, 1.807) is 6.07 Å². The molecule has 88 valence electrons. The van der Waals surface area contributed by atoms with Crippen molar-refractivity contribution in [1.82, 2.24) is 9.36 Å². The minimum absolute atomic E-state index is 0.0990. The fourth-order valence-corrected chi connectivity index (χ4v) is 2.01. The van der Waals surface area contributed by atoms with E-state index in [4.69, 9.17) is 0 Å². The Morgan fingerprint density at radius 1 is 1.06 bits per heavy atom. The number of nitrogens with zero attached hydrogens (tertiary/aromatic N) is 4. The smallest absolute Gasteiger partial charge is 0.249 e. The van der Waals surface area contributed by atoms with Gasteiger partial charge in [-0.2, -0.15) is 4.37 Å². The standard InChI is InChI=1S/C12H8N4OS/c17-10-6-5-8-3-1-2-4-9(8)11(10)15-16-12-13-7-14-18-12/h1-7,17H. The summed E-state index contributed by atoms with van der Waals surface area (Å²) in [6, 6.07) is 11.1. The van der Waals surface area contributed by atoms with Gasteiger partial charge in [-0.15, -0.1) is 10.2 Å².